The van der Waals surface area contributed by atoms with Gasteiger partial charge in [0.2, 0.25) is 0 Å². The van der Waals surface area contributed by atoms with Crippen LogP contribution >= 0.6 is 24.8 Å². The number of amides is 1. The van der Waals surface area contributed by atoms with Crippen LogP contribution in [0.15, 0.2) is 43.0 Å². The predicted molar refractivity (Wildman–Crippen MR) is 100 cm³/mol. The first-order valence-corrected chi connectivity index (χ1v) is 7.78. The maximum Gasteiger partial charge on any atom is 0.254 e. The van der Waals surface area contributed by atoms with Crippen molar-refractivity contribution in [2.45, 2.75) is 25.8 Å². The van der Waals surface area contributed by atoms with Gasteiger partial charge in [0, 0.05) is 42.8 Å². The molecule has 0 aliphatic carbocycles. The number of benzene rings is 1. The molecule has 7 heteroatoms. The fourth-order valence-electron chi connectivity index (χ4n) is 3.12. The third kappa shape index (κ3) is 4.29. The van der Waals surface area contributed by atoms with E-state index in [1.54, 1.807) is 12.5 Å². The molecule has 3 rings (SSSR count). The second-order valence-corrected chi connectivity index (χ2v) is 6.04. The number of piperidine rings is 1. The van der Waals surface area contributed by atoms with E-state index in [4.69, 9.17) is 5.73 Å². The molecule has 0 saturated carbocycles. The molecule has 132 valence electrons. The lowest BCUT2D eigenvalue weighted by Gasteiger charge is -2.38. The highest BCUT2D eigenvalue weighted by molar-refractivity contribution is 5.95. The van der Waals surface area contributed by atoms with Crippen LogP contribution in [-0.2, 0) is 0 Å². The van der Waals surface area contributed by atoms with Crippen molar-refractivity contribution in [1.29, 1.82) is 0 Å². The molecule has 2 aromatic rings. The summed E-state index contributed by atoms with van der Waals surface area (Å²) in [5.41, 5.74) is 7.52. The van der Waals surface area contributed by atoms with Crippen LogP contribution in [0.1, 0.15) is 30.1 Å². The predicted octanol–water partition coefficient (Wildman–Crippen LogP) is 2.92. The van der Waals surface area contributed by atoms with Crippen molar-refractivity contribution in [3.63, 3.8) is 0 Å². The summed E-state index contributed by atoms with van der Waals surface area (Å²) in [6.45, 7) is 3.54. The number of aromatic nitrogens is 2. The molecule has 24 heavy (non-hydrogen) atoms. The smallest absolute Gasteiger partial charge is 0.254 e. The van der Waals surface area contributed by atoms with Gasteiger partial charge in [-0.1, -0.05) is 13.0 Å². The van der Waals surface area contributed by atoms with Gasteiger partial charge in [-0.3, -0.25) is 4.79 Å². The summed E-state index contributed by atoms with van der Waals surface area (Å²) in [5.74, 6) is 0.708. The molecule has 2 N–H and O–H groups in total. The molecule has 0 radical (unpaired) electrons. The number of nitrogens with zero attached hydrogens (tertiary/aromatic N) is 3. The highest BCUT2D eigenvalue weighted by Crippen LogP contribution is 2.24. The van der Waals surface area contributed by atoms with E-state index in [1.807, 2.05) is 39.9 Å². The Hall–Kier alpha value is -1.56. The molecule has 5 nitrogen and oxygen atoms in total. The van der Waals surface area contributed by atoms with Gasteiger partial charge in [0.15, 0.2) is 0 Å². The van der Waals surface area contributed by atoms with Crippen molar-refractivity contribution in [1.82, 2.24) is 14.5 Å². The van der Waals surface area contributed by atoms with Gasteiger partial charge in [0.05, 0.1) is 6.33 Å². The largest absolute Gasteiger partial charge is 0.334 e. The molecule has 2 heterocycles. The van der Waals surface area contributed by atoms with Crippen molar-refractivity contribution in [2.24, 2.45) is 11.7 Å². The average molecular weight is 371 g/mol. The highest BCUT2D eigenvalue weighted by Gasteiger charge is 2.29. The summed E-state index contributed by atoms with van der Waals surface area (Å²) in [6.07, 6.45) is 7.36. The van der Waals surface area contributed by atoms with E-state index in [9.17, 15) is 4.79 Å². The van der Waals surface area contributed by atoms with Crippen LogP contribution in [0.25, 0.3) is 5.69 Å². The number of likely N-dealkylation sites (tertiary alicyclic amines) is 1. The van der Waals surface area contributed by atoms with Crippen molar-refractivity contribution < 1.29 is 4.79 Å². The number of carbonyl (C=O) groups is 1. The van der Waals surface area contributed by atoms with Crippen molar-refractivity contribution in [3.8, 4) is 5.69 Å². The van der Waals surface area contributed by atoms with E-state index in [2.05, 4.69) is 11.9 Å². The standard InChI is InChI=1S/C17H22N4O.2ClH/c1-13-5-7-21(16(9-13)11-18)17(22)14-3-2-4-15(10-14)20-8-6-19-12-20;;/h2-4,6,8,10,12-13,16H,5,7,9,11,18H2,1H3;2*1H. The number of nitrogens with two attached hydrogens (primary N) is 1. The second kappa shape index (κ2) is 9.06. The third-order valence-corrected chi connectivity index (χ3v) is 4.41. The molecule has 0 bridgehead atoms. The molecule has 1 fully saturated rings. The number of rotatable bonds is 3. The first kappa shape index (κ1) is 20.5. The average Bonchev–Trinajstić information content (AvgIpc) is 3.08. The van der Waals surface area contributed by atoms with Crippen LogP contribution in [0.4, 0.5) is 0 Å². The summed E-state index contributed by atoms with van der Waals surface area (Å²) >= 11 is 0. The van der Waals surface area contributed by atoms with Gasteiger partial charge in [-0.2, -0.15) is 0 Å². The van der Waals surface area contributed by atoms with E-state index < -0.39 is 0 Å². The summed E-state index contributed by atoms with van der Waals surface area (Å²) < 4.78 is 1.90. The molecule has 1 aliphatic heterocycles. The minimum atomic E-state index is 0. The molecular weight excluding hydrogens is 347 g/mol. The quantitative estimate of drug-likeness (QED) is 0.902. The number of hydrogen-bond acceptors (Lipinski definition) is 3. The van der Waals surface area contributed by atoms with Crippen LogP contribution in [0, 0.1) is 5.92 Å². The number of carbonyl (C=O) groups excluding carboxylic acids is 1. The summed E-state index contributed by atoms with van der Waals surface area (Å²) in [4.78, 5) is 18.8. The lowest BCUT2D eigenvalue weighted by molar-refractivity contribution is 0.0573. The molecule has 1 aromatic heterocycles. The first-order chi connectivity index (χ1) is 10.7. The molecule has 2 unspecified atom stereocenters. The van der Waals surface area contributed by atoms with E-state index in [0.717, 1.165) is 25.1 Å². The molecule has 1 aromatic carbocycles. The zero-order chi connectivity index (χ0) is 15.5. The Labute approximate surface area is 155 Å². The lowest BCUT2D eigenvalue weighted by atomic mass is 9.92. The molecular formula is C17H24Cl2N4O. The van der Waals surface area contributed by atoms with Crippen LogP contribution in [0.3, 0.4) is 0 Å². The van der Waals surface area contributed by atoms with Gasteiger partial charge in [0.25, 0.3) is 5.91 Å². The van der Waals surface area contributed by atoms with Gasteiger partial charge < -0.3 is 15.2 Å². The minimum Gasteiger partial charge on any atom is -0.334 e. The Kier molecular flexibility index (Phi) is 7.73. The lowest BCUT2D eigenvalue weighted by Crippen LogP contribution is -2.49. The van der Waals surface area contributed by atoms with Gasteiger partial charge >= 0.3 is 0 Å². The Balaban J connectivity index is 0.00000144. The molecule has 1 amide bonds. The normalized spacial score (nSPS) is 20.0. The Morgan fingerprint density at radius 2 is 2.17 bits per heavy atom. The maximum absolute atomic E-state index is 12.8. The number of hydrogen-bond donors (Lipinski definition) is 1. The summed E-state index contributed by atoms with van der Waals surface area (Å²) in [5, 5.41) is 0. The van der Waals surface area contributed by atoms with Gasteiger partial charge in [0.1, 0.15) is 0 Å². The van der Waals surface area contributed by atoms with E-state index in [1.165, 1.54) is 0 Å². The molecule has 2 atom stereocenters. The van der Waals surface area contributed by atoms with Crippen LogP contribution in [0.5, 0.6) is 0 Å². The molecule has 0 spiro atoms. The van der Waals surface area contributed by atoms with Crippen LogP contribution < -0.4 is 5.73 Å². The van der Waals surface area contributed by atoms with Crippen LogP contribution in [-0.4, -0.2) is 39.5 Å². The zero-order valence-corrected chi connectivity index (χ0v) is 15.3. The minimum absolute atomic E-state index is 0. The Morgan fingerprint density at radius 3 is 2.83 bits per heavy atom. The topological polar surface area (TPSA) is 64.2 Å². The third-order valence-electron chi connectivity index (χ3n) is 4.41. The summed E-state index contributed by atoms with van der Waals surface area (Å²) in [6, 6.07) is 7.81. The second-order valence-electron chi connectivity index (χ2n) is 6.04. The van der Waals surface area contributed by atoms with Crippen molar-refractivity contribution in [2.75, 3.05) is 13.1 Å². The fourth-order valence-corrected chi connectivity index (χ4v) is 3.12. The summed E-state index contributed by atoms with van der Waals surface area (Å²) in [7, 11) is 0. The van der Waals surface area contributed by atoms with Gasteiger partial charge in [-0.25, -0.2) is 4.98 Å². The Morgan fingerprint density at radius 1 is 1.38 bits per heavy atom. The highest BCUT2D eigenvalue weighted by atomic mass is 35.5. The van der Waals surface area contributed by atoms with Crippen molar-refractivity contribution >= 4 is 30.7 Å². The zero-order valence-electron chi connectivity index (χ0n) is 13.7. The fraction of sp³-hybridized carbons (Fsp3) is 0.412. The van der Waals surface area contributed by atoms with Crippen LogP contribution in [0.2, 0.25) is 0 Å². The molecule has 1 aliphatic rings. The SMILES string of the molecule is CC1CCN(C(=O)c2cccc(-n3ccnc3)c2)C(CN)C1.Cl.Cl. The van der Waals surface area contributed by atoms with Gasteiger partial charge in [-0.15, -0.1) is 24.8 Å². The van der Waals surface area contributed by atoms with Crippen molar-refractivity contribution in [3.05, 3.63) is 48.5 Å². The van der Waals surface area contributed by atoms with E-state index in [-0.39, 0.29) is 36.8 Å². The maximum atomic E-state index is 12.8. The first-order valence-electron chi connectivity index (χ1n) is 7.78. The Bertz CT molecular complexity index is 648. The van der Waals surface area contributed by atoms with E-state index >= 15 is 0 Å². The number of imidazole rings is 1. The number of halogens is 2. The monoisotopic (exact) mass is 370 g/mol. The van der Waals surface area contributed by atoms with Gasteiger partial charge in [-0.05, 0) is 37.0 Å². The molecule has 1 saturated heterocycles. The van der Waals surface area contributed by atoms with E-state index in [0.29, 0.717) is 18.0 Å².